The Balaban J connectivity index is 1.69. The lowest BCUT2D eigenvalue weighted by molar-refractivity contribution is -0.149. The van der Waals surface area contributed by atoms with Crippen molar-refractivity contribution in [1.29, 1.82) is 0 Å². The van der Waals surface area contributed by atoms with Crippen LogP contribution in [0.3, 0.4) is 0 Å². The van der Waals surface area contributed by atoms with Crippen LogP contribution >= 0.6 is 0 Å². The van der Waals surface area contributed by atoms with Gasteiger partial charge in [0.1, 0.15) is 12.2 Å². The van der Waals surface area contributed by atoms with Gasteiger partial charge in [-0.25, -0.2) is 4.79 Å². The van der Waals surface area contributed by atoms with Crippen LogP contribution in [0.25, 0.3) is 0 Å². The van der Waals surface area contributed by atoms with E-state index < -0.39 is 12.2 Å². The molecule has 0 aromatic carbocycles. The minimum atomic E-state index is -0.607. The first-order chi connectivity index (χ1) is 8.72. The summed E-state index contributed by atoms with van der Waals surface area (Å²) in [6.45, 7) is 4.37. The predicted molar refractivity (Wildman–Crippen MR) is 62.9 cm³/mol. The molecule has 0 spiro atoms. The number of esters is 1. The number of rotatable bonds is 3. The van der Waals surface area contributed by atoms with Crippen LogP contribution < -0.4 is 0 Å². The van der Waals surface area contributed by atoms with Gasteiger partial charge in [0.15, 0.2) is 12.2 Å². The van der Waals surface area contributed by atoms with Crippen molar-refractivity contribution in [3.05, 3.63) is 0 Å². The zero-order valence-corrected chi connectivity index (χ0v) is 10.5. The van der Waals surface area contributed by atoms with Crippen LogP contribution in [0.1, 0.15) is 13.8 Å². The fourth-order valence-electron chi connectivity index (χ4n) is 2.57. The van der Waals surface area contributed by atoms with Gasteiger partial charge in [-0.1, -0.05) is 13.8 Å². The molecule has 0 amide bonds. The molecule has 0 saturated carbocycles. The number of carbonyl (C=O) groups is 1. The van der Waals surface area contributed by atoms with Crippen molar-refractivity contribution in [2.45, 2.75) is 50.9 Å². The van der Waals surface area contributed by atoms with E-state index in [2.05, 4.69) is 0 Å². The summed E-state index contributed by atoms with van der Waals surface area (Å²) >= 11 is 0. The summed E-state index contributed by atoms with van der Waals surface area (Å²) in [4.78, 5) is 11.7. The number of fused-ring (bicyclic) bond motifs is 1. The number of hydrogen-bond acceptors (Lipinski definition) is 6. The molecule has 98 valence electrons. The van der Waals surface area contributed by atoms with Crippen molar-refractivity contribution in [3.63, 3.8) is 0 Å². The van der Waals surface area contributed by atoms with Crippen molar-refractivity contribution in [2.24, 2.45) is 0 Å². The Morgan fingerprint density at radius 2 is 1.89 bits per heavy atom. The van der Waals surface area contributed by atoms with Crippen LogP contribution in [0.5, 0.6) is 0 Å². The monoisotopic (exact) mass is 254 g/mol. The molecule has 3 rings (SSSR count). The molecule has 18 heavy (non-hydrogen) atoms. The molecule has 8 heteroatoms. The highest BCUT2D eigenvalue weighted by molar-refractivity contribution is 6.45. The highest BCUT2D eigenvalue weighted by Crippen LogP contribution is 2.34. The molecule has 3 heterocycles. The topological polar surface area (TPSA) is 63.2 Å². The maximum atomic E-state index is 11.7. The summed E-state index contributed by atoms with van der Waals surface area (Å²) in [5.74, 6) is -0.357. The van der Waals surface area contributed by atoms with Crippen LogP contribution in [-0.4, -0.2) is 51.2 Å². The first-order valence-electron chi connectivity index (χ1n) is 6.51. The number of cyclic esters (lactones) is 1. The maximum absolute atomic E-state index is 11.7. The number of hydrogen-bond donors (Lipinski definition) is 0. The highest BCUT2D eigenvalue weighted by atomic mass is 16.7. The molecular weight excluding hydrogens is 238 g/mol. The Hall–Kier alpha value is -0.560. The Morgan fingerprint density at radius 1 is 1.11 bits per heavy atom. The van der Waals surface area contributed by atoms with E-state index in [9.17, 15) is 4.79 Å². The van der Waals surface area contributed by atoms with Gasteiger partial charge in [-0.15, -0.1) is 0 Å². The second-order valence-electron chi connectivity index (χ2n) is 4.74. The summed E-state index contributed by atoms with van der Waals surface area (Å²) in [5, 5.41) is 0. The van der Waals surface area contributed by atoms with Gasteiger partial charge in [-0.2, -0.15) is 0 Å². The van der Waals surface area contributed by atoms with Gasteiger partial charge in [0.05, 0.1) is 6.61 Å². The summed E-state index contributed by atoms with van der Waals surface area (Å²) < 4.78 is 27.6. The van der Waals surface area contributed by atoms with Gasteiger partial charge >= 0.3 is 20.2 Å². The molecule has 0 radical (unpaired) electrons. The quantitative estimate of drug-likeness (QED) is 0.526. The predicted octanol–water partition coefficient (Wildman–Crippen LogP) is 0.127. The molecular formula is C10H16B2O6. The van der Waals surface area contributed by atoms with Crippen molar-refractivity contribution < 1.29 is 28.1 Å². The third-order valence-electron chi connectivity index (χ3n) is 3.52. The third kappa shape index (κ3) is 1.97. The second kappa shape index (κ2) is 4.85. The minimum Gasteiger partial charge on any atom is -0.455 e. The van der Waals surface area contributed by atoms with Crippen molar-refractivity contribution >= 4 is 20.2 Å². The lowest BCUT2D eigenvalue weighted by Crippen LogP contribution is -2.39. The molecule has 4 unspecified atom stereocenters. The van der Waals surface area contributed by atoms with Crippen molar-refractivity contribution in [1.82, 2.24) is 0 Å². The SMILES string of the molecule is CCB1OCC(C2OC(=O)C3OB(CC)OC32)O1. The standard InChI is InChI=1S/C10H16B2O6/c1-3-11-14-5-6(16-11)7-8-9(10(13)15-7)18-12(4-2)17-8/h6-9H,3-5H2,1-2H3. The van der Waals surface area contributed by atoms with E-state index >= 15 is 0 Å². The second-order valence-corrected chi connectivity index (χ2v) is 4.74. The van der Waals surface area contributed by atoms with E-state index in [0.29, 0.717) is 12.9 Å². The zero-order chi connectivity index (χ0) is 12.7. The van der Waals surface area contributed by atoms with E-state index in [1.54, 1.807) is 0 Å². The normalized spacial score (nSPS) is 39.3. The molecule has 3 aliphatic rings. The third-order valence-corrected chi connectivity index (χ3v) is 3.52. The van der Waals surface area contributed by atoms with Crippen molar-refractivity contribution in [3.8, 4) is 0 Å². The van der Waals surface area contributed by atoms with Crippen LogP contribution in [0.15, 0.2) is 0 Å². The van der Waals surface area contributed by atoms with E-state index in [4.69, 9.17) is 23.4 Å². The lowest BCUT2D eigenvalue weighted by atomic mass is 9.86. The maximum Gasteiger partial charge on any atom is 0.457 e. The molecule has 6 nitrogen and oxygen atoms in total. The smallest absolute Gasteiger partial charge is 0.455 e. The highest BCUT2D eigenvalue weighted by Gasteiger charge is 2.57. The van der Waals surface area contributed by atoms with E-state index in [1.807, 2.05) is 13.8 Å². The fourth-order valence-corrected chi connectivity index (χ4v) is 2.57. The lowest BCUT2D eigenvalue weighted by Gasteiger charge is -2.21. The minimum absolute atomic E-state index is 0.211. The Labute approximate surface area is 107 Å². The van der Waals surface area contributed by atoms with E-state index in [1.165, 1.54) is 0 Å². The van der Waals surface area contributed by atoms with Crippen LogP contribution in [0, 0.1) is 0 Å². The Kier molecular flexibility index (Phi) is 3.36. The average Bonchev–Trinajstić information content (AvgIpc) is 3.05. The number of carbonyl (C=O) groups excluding carboxylic acids is 1. The van der Waals surface area contributed by atoms with Gasteiger partial charge < -0.3 is 23.4 Å². The molecule has 0 aromatic rings. The van der Waals surface area contributed by atoms with E-state index in [-0.39, 0.29) is 32.4 Å². The molecule has 0 aliphatic carbocycles. The molecule has 0 bridgehead atoms. The van der Waals surface area contributed by atoms with Crippen LogP contribution in [0.2, 0.25) is 12.6 Å². The first-order valence-corrected chi connectivity index (χ1v) is 6.51. The largest absolute Gasteiger partial charge is 0.457 e. The molecule has 3 fully saturated rings. The first kappa shape index (κ1) is 12.5. The zero-order valence-electron chi connectivity index (χ0n) is 10.5. The average molecular weight is 254 g/mol. The summed E-state index contributed by atoms with van der Waals surface area (Å²) in [6.07, 6.45) is -0.160. The summed E-state index contributed by atoms with van der Waals surface area (Å²) in [5.41, 5.74) is 0. The summed E-state index contributed by atoms with van der Waals surface area (Å²) in [7, 11) is -0.531. The van der Waals surface area contributed by atoms with Crippen molar-refractivity contribution in [2.75, 3.05) is 6.61 Å². The van der Waals surface area contributed by atoms with E-state index in [0.717, 1.165) is 6.32 Å². The van der Waals surface area contributed by atoms with Crippen LogP contribution in [-0.2, 0) is 28.1 Å². The molecule has 3 saturated heterocycles. The van der Waals surface area contributed by atoms with Gasteiger partial charge in [-0.05, 0) is 12.6 Å². The molecule has 0 aromatic heterocycles. The van der Waals surface area contributed by atoms with Gasteiger partial charge in [-0.3, -0.25) is 0 Å². The molecule has 0 N–H and O–H groups in total. The summed E-state index contributed by atoms with van der Waals surface area (Å²) in [6, 6.07) is 0. The number of ether oxygens (including phenoxy) is 1. The molecule has 4 atom stereocenters. The van der Waals surface area contributed by atoms with Gasteiger partial charge in [0.25, 0.3) is 0 Å². The Morgan fingerprint density at radius 3 is 2.56 bits per heavy atom. The fraction of sp³-hybridized carbons (Fsp3) is 0.900. The van der Waals surface area contributed by atoms with Gasteiger partial charge in [0.2, 0.25) is 0 Å². The van der Waals surface area contributed by atoms with Gasteiger partial charge in [0, 0.05) is 0 Å². The Bertz CT molecular complexity index is 340. The molecule has 3 aliphatic heterocycles. The van der Waals surface area contributed by atoms with Crippen LogP contribution in [0.4, 0.5) is 0 Å².